The fourth-order valence-electron chi connectivity index (χ4n) is 2.29. The standard InChI is InChI=1S/C18H16ClN3O2/c19-15-2-1-3-16(9-15)22-18(23)24-11-14-6-4-13(5-7-14)8-17-10-20-12-21-17/h1-7,9-10,12,17H,8,11H2,(H,22,23). The molecule has 1 heterocycles. The number of amides is 1. The Labute approximate surface area is 145 Å². The number of ether oxygens (including phenoxy) is 1. The fourth-order valence-corrected chi connectivity index (χ4v) is 2.48. The number of carbonyl (C=O) groups is 1. The summed E-state index contributed by atoms with van der Waals surface area (Å²) in [5.74, 6) is 0. The van der Waals surface area contributed by atoms with Crippen LogP contribution >= 0.6 is 11.6 Å². The molecule has 1 amide bonds. The first kappa shape index (κ1) is 16.2. The van der Waals surface area contributed by atoms with Gasteiger partial charge in [0, 0.05) is 16.9 Å². The van der Waals surface area contributed by atoms with Crippen molar-refractivity contribution in [2.24, 2.45) is 9.98 Å². The predicted molar refractivity (Wildman–Crippen MR) is 96.2 cm³/mol. The van der Waals surface area contributed by atoms with Crippen molar-refractivity contribution in [2.45, 2.75) is 19.1 Å². The zero-order valence-electron chi connectivity index (χ0n) is 12.9. The van der Waals surface area contributed by atoms with Gasteiger partial charge in [0.15, 0.2) is 0 Å². The molecule has 24 heavy (non-hydrogen) atoms. The zero-order valence-corrected chi connectivity index (χ0v) is 13.6. The van der Waals surface area contributed by atoms with E-state index in [-0.39, 0.29) is 12.6 Å². The van der Waals surface area contributed by atoms with Gasteiger partial charge in [-0.2, -0.15) is 0 Å². The average Bonchev–Trinajstić information content (AvgIpc) is 3.07. The van der Waals surface area contributed by atoms with E-state index < -0.39 is 6.09 Å². The second-order valence-corrected chi connectivity index (χ2v) is 5.80. The van der Waals surface area contributed by atoms with Crippen LogP contribution in [0.5, 0.6) is 0 Å². The van der Waals surface area contributed by atoms with Gasteiger partial charge >= 0.3 is 6.09 Å². The molecule has 1 atom stereocenters. The van der Waals surface area contributed by atoms with Crippen molar-refractivity contribution < 1.29 is 9.53 Å². The molecular formula is C18H16ClN3O2. The molecular weight excluding hydrogens is 326 g/mol. The lowest BCUT2D eigenvalue weighted by Gasteiger charge is -2.08. The minimum atomic E-state index is -0.516. The molecule has 122 valence electrons. The summed E-state index contributed by atoms with van der Waals surface area (Å²) < 4.78 is 5.21. The van der Waals surface area contributed by atoms with E-state index in [1.807, 2.05) is 30.5 Å². The Balaban J connectivity index is 1.48. The number of halogens is 1. The molecule has 0 saturated heterocycles. The van der Waals surface area contributed by atoms with Crippen LogP contribution in [0.1, 0.15) is 11.1 Å². The van der Waals surface area contributed by atoms with E-state index in [0.717, 1.165) is 17.5 Å². The number of rotatable bonds is 5. The number of hydrogen-bond donors (Lipinski definition) is 1. The molecule has 0 aromatic heterocycles. The third-order valence-electron chi connectivity index (χ3n) is 3.49. The molecule has 1 aliphatic heterocycles. The lowest BCUT2D eigenvalue weighted by Crippen LogP contribution is -2.13. The third-order valence-corrected chi connectivity index (χ3v) is 3.73. The summed E-state index contributed by atoms with van der Waals surface area (Å²) in [6.07, 6.45) is 3.71. The number of carbonyl (C=O) groups excluding carboxylic acids is 1. The number of aliphatic imine (C=N–C) groups is 2. The van der Waals surface area contributed by atoms with Crippen molar-refractivity contribution in [3.63, 3.8) is 0 Å². The van der Waals surface area contributed by atoms with Crippen LogP contribution in [0, 0.1) is 0 Å². The highest BCUT2D eigenvalue weighted by atomic mass is 35.5. The number of hydrogen-bond acceptors (Lipinski definition) is 4. The average molecular weight is 342 g/mol. The monoisotopic (exact) mass is 341 g/mol. The normalized spacial score (nSPS) is 15.5. The van der Waals surface area contributed by atoms with Crippen LogP contribution in [0.25, 0.3) is 0 Å². The zero-order chi connectivity index (χ0) is 16.8. The quantitative estimate of drug-likeness (QED) is 0.889. The number of nitrogens with zero attached hydrogens (tertiary/aromatic N) is 2. The summed E-state index contributed by atoms with van der Waals surface area (Å²) in [5.41, 5.74) is 2.68. The molecule has 6 heteroatoms. The first-order chi connectivity index (χ1) is 11.7. The Bertz CT molecular complexity index is 760. The topological polar surface area (TPSA) is 63.0 Å². The van der Waals surface area contributed by atoms with E-state index in [1.54, 1.807) is 30.6 Å². The highest BCUT2D eigenvalue weighted by Crippen LogP contribution is 2.15. The van der Waals surface area contributed by atoms with Crippen molar-refractivity contribution >= 4 is 35.9 Å². The Morgan fingerprint density at radius 1 is 1.17 bits per heavy atom. The van der Waals surface area contributed by atoms with E-state index in [1.165, 1.54) is 0 Å². The summed E-state index contributed by atoms with van der Waals surface area (Å²) in [6.45, 7) is 0.204. The van der Waals surface area contributed by atoms with E-state index in [9.17, 15) is 4.79 Å². The maximum Gasteiger partial charge on any atom is 0.411 e. The van der Waals surface area contributed by atoms with Crippen LogP contribution in [0.2, 0.25) is 5.02 Å². The molecule has 1 aliphatic rings. The summed E-state index contributed by atoms with van der Waals surface area (Å²) in [4.78, 5) is 20.0. The minimum absolute atomic E-state index is 0.121. The summed E-state index contributed by atoms with van der Waals surface area (Å²) in [7, 11) is 0. The van der Waals surface area contributed by atoms with Gasteiger partial charge in [-0.25, -0.2) is 9.79 Å². The Kier molecular flexibility index (Phi) is 5.23. The molecule has 0 fully saturated rings. The van der Waals surface area contributed by atoms with Gasteiger partial charge in [-0.3, -0.25) is 10.3 Å². The maximum atomic E-state index is 11.8. The Hall–Kier alpha value is -2.66. The first-order valence-electron chi connectivity index (χ1n) is 7.51. The molecule has 1 unspecified atom stereocenters. The van der Waals surface area contributed by atoms with Crippen LogP contribution in [-0.2, 0) is 17.8 Å². The predicted octanol–water partition coefficient (Wildman–Crippen LogP) is 4.11. The summed E-state index contributed by atoms with van der Waals surface area (Å²) in [5, 5.41) is 3.19. The molecule has 2 aromatic carbocycles. The van der Waals surface area contributed by atoms with Crippen molar-refractivity contribution in [2.75, 3.05) is 5.32 Å². The molecule has 1 N–H and O–H groups in total. The molecule has 0 bridgehead atoms. The number of benzene rings is 2. The van der Waals surface area contributed by atoms with Gasteiger partial charge in [0.1, 0.15) is 12.9 Å². The Morgan fingerprint density at radius 3 is 2.67 bits per heavy atom. The van der Waals surface area contributed by atoms with Gasteiger partial charge in [-0.1, -0.05) is 41.9 Å². The van der Waals surface area contributed by atoms with Crippen molar-refractivity contribution in [3.05, 3.63) is 64.7 Å². The van der Waals surface area contributed by atoms with Crippen LogP contribution in [-0.4, -0.2) is 24.7 Å². The van der Waals surface area contributed by atoms with Gasteiger partial charge in [-0.05, 0) is 35.7 Å². The first-order valence-corrected chi connectivity index (χ1v) is 7.89. The van der Waals surface area contributed by atoms with Crippen molar-refractivity contribution in [1.82, 2.24) is 0 Å². The minimum Gasteiger partial charge on any atom is -0.444 e. The molecule has 3 rings (SSSR count). The Morgan fingerprint density at radius 2 is 1.96 bits per heavy atom. The van der Waals surface area contributed by atoms with Crippen LogP contribution in [0.4, 0.5) is 10.5 Å². The highest BCUT2D eigenvalue weighted by Gasteiger charge is 2.08. The molecule has 0 radical (unpaired) electrons. The molecule has 0 aliphatic carbocycles. The van der Waals surface area contributed by atoms with Crippen LogP contribution in [0.3, 0.4) is 0 Å². The summed E-state index contributed by atoms with van der Waals surface area (Å²) in [6, 6.07) is 14.9. The van der Waals surface area contributed by atoms with Crippen LogP contribution in [0.15, 0.2) is 58.5 Å². The van der Waals surface area contributed by atoms with Crippen molar-refractivity contribution in [3.8, 4) is 0 Å². The van der Waals surface area contributed by atoms with E-state index in [4.69, 9.17) is 16.3 Å². The third kappa shape index (κ3) is 4.67. The molecule has 0 saturated carbocycles. The highest BCUT2D eigenvalue weighted by molar-refractivity contribution is 6.30. The smallest absolute Gasteiger partial charge is 0.411 e. The largest absolute Gasteiger partial charge is 0.444 e. The maximum absolute atomic E-state index is 11.8. The van der Waals surface area contributed by atoms with Gasteiger partial charge < -0.3 is 4.74 Å². The second-order valence-electron chi connectivity index (χ2n) is 5.36. The van der Waals surface area contributed by atoms with Crippen molar-refractivity contribution in [1.29, 1.82) is 0 Å². The molecule has 2 aromatic rings. The van der Waals surface area contributed by atoms with Gasteiger partial charge in [0.05, 0.1) is 6.04 Å². The van der Waals surface area contributed by atoms with Gasteiger partial charge in [0.25, 0.3) is 0 Å². The van der Waals surface area contributed by atoms with Gasteiger partial charge in [-0.15, -0.1) is 0 Å². The fraction of sp³-hybridized carbons (Fsp3) is 0.167. The van der Waals surface area contributed by atoms with E-state index in [2.05, 4.69) is 15.3 Å². The van der Waals surface area contributed by atoms with Gasteiger partial charge in [0.2, 0.25) is 0 Å². The lowest BCUT2D eigenvalue weighted by atomic mass is 10.1. The molecule has 5 nitrogen and oxygen atoms in total. The van der Waals surface area contributed by atoms with Crippen LogP contribution < -0.4 is 5.32 Å². The SMILES string of the molecule is O=C(Nc1cccc(Cl)c1)OCc1ccc(CC2C=NC=N2)cc1. The number of anilines is 1. The van der Waals surface area contributed by atoms with E-state index >= 15 is 0 Å². The summed E-state index contributed by atoms with van der Waals surface area (Å²) >= 11 is 5.87. The molecule has 0 spiro atoms. The lowest BCUT2D eigenvalue weighted by molar-refractivity contribution is 0.155. The number of nitrogens with one attached hydrogen (secondary N) is 1. The van der Waals surface area contributed by atoms with E-state index in [0.29, 0.717) is 10.7 Å². The second kappa shape index (κ2) is 7.75.